The number of nitrogens with zero attached hydrogens (tertiary/aromatic N) is 4. The van der Waals surface area contributed by atoms with Gasteiger partial charge < -0.3 is 10.6 Å². The van der Waals surface area contributed by atoms with Gasteiger partial charge in [-0.3, -0.25) is 4.98 Å². The predicted molar refractivity (Wildman–Crippen MR) is 63.4 cm³/mol. The highest BCUT2D eigenvalue weighted by Gasteiger charge is 2.24. The van der Waals surface area contributed by atoms with E-state index in [1.165, 1.54) is 0 Å². The monoisotopic (exact) mass is 217 g/mol. The first-order valence-corrected chi connectivity index (χ1v) is 5.20. The van der Waals surface area contributed by atoms with Crippen LogP contribution in [0.4, 0.5) is 5.82 Å². The van der Waals surface area contributed by atoms with Crippen molar-refractivity contribution in [2.75, 3.05) is 20.1 Å². The summed E-state index contributed by atoms with van der Waals surface area (Å²) in [5, 5.41) is 0. The molecule has 0 unspecified atom stereocenters. The Kier molecular flexibility index (Phi) is 3.26. The van der Waals surface area contributed by atoms with E-state index in [9.17, 15) is 0 Å². The van der Waals surface area contributed by atoms with E-state index < -0.39 is 0 Å². The van der Waals surface area contributed by atoms with Gasteiger partial charge in [0.05, 0.1) is 6.20 Å². The molecule has 1 aromatic heterocycles. The highest BCUT2D eigenvalue weighted by Crippen LogP contribution is 2.17. The molecule has 1 saturated heterocycles. The Morgan fingerprint density at radius 3 is 3.00 bits per heavy atom. The minimum absolute atomic E-state index is 0.471. The predicted octanol–water partition coefficient (Wildman–Crippen LogP) is 0.583. The third-order valence-corrected chi connectivity index (χ3v) is 2.56. The second kappa shape index (κ2) is 4.85. The molecule has 1 aromatic rings. The average molecular weight is 217 g/mol. The fourth-order valence-corrected chi connectivity index (χ4v) is 1.60. The zero-order valence-corrected chi connectivity index (χ0v) is 9.24. The van der Waals surface area contributed by atoms with Crippen molar-refractivity contribution >= 4 is 12.0 Å². The Hall–Kier alpha value is -1.75. The van der Waals surface area contributed by atoms with Gasteiger partial charge in [0, 0.05) is 43.3 Å². The third-order valence-electron chi connectivity index (χ3n) is 2.56. The lowest BCUT2D eigenvalue weighted by molar-refractivity contribution is 0.160. The van der Waals surface area contributed by atoms with Crippen LogP contribution < -0.4 is 5.73 Å². The number of aromatic nitrogens is 2. The summed E-state index contributed by atoms with van der Waals surface area (Å²) in [7, 11) is 2.08. The van der Waals surface area contributed by atoms with Crippen LogP contribution in [0.15, 0.2) is 35.4 Å². The summed E-state index contributed by atoms with van der Waals surface area (Å²) in [6.07, 6.45) is 8.36. The Morgan fingerprint density at radius 1 is 1.56 bits per heavy atom. The Bertz CT molecular complexity index is 392. The highest BCUT2D eigenvalue weighted by molar-refractivity contribution is 5.74. The van der Waals surface area contributed by atoms with Crippen LogP contribution in [0.25, 0.3) is 0 Å². The smallest absolute Gasteiger partial charge is 0.170 e. The minimum Gasteiger partial charge on any atom is -0.402 e. The second-order valence-electron chi connectivity index (χ2n) is 3.93. The van der Waals surface area contributed by atoms with Gasteiger partial charge in [-0.1, -0.05) is 0 Å². The van der Waals surface area contributed by atoms with Gasteiger partial charge in [0.15, 0.2) is 5.82 Å². The molecule has 2 heterocycles. The molecule has 0 amide bonds. The zero-order valence-electron chi connectivity index (χ0n) is 9.24. The maximum absolute atomic E-state index is 5.91. The quantitative estimate of drug-likeness (QED) is 0.752. The Morgan fingerprint density at radius 2 is 2.38 bits per heavy atom. The summed E-state index contributed by atoms with van der Waals surface area (Å²) in [6, 6.07) is 0. The summed E-state index contributed by atoms with van der Waals surface area (Å²) in [5.74, 6) is 1.07. The molecule has 1 aliphatic heterocycles. The van der Waals surface area contributed by atoms with E-state index >= 15 is 0 Å². The lowest BCUT2D eigenvalue weighted by Gasteiger charge is -2.36. The molecule has 1 fully saturated rings. The van der Waals surface area contributed by atoms with Gasteiger partial charge in [0.2, 0.25) is 0 Å². The van der Waals surface area contributed by atoms with E-state index in [4.69, 9.17) is 5.73 Å². The van der Waals surface area contributed by atoms with Gasteiger partial charge in [-0.25, -0.2) is 9.98 Å². The highest BCUT2D eigenvalue weighted by atomic mass is 15.2. The van der Waals surface area contributed by atoms with Crippen LogP contribution in [0.1, 0.15) is 0 Å². The van der Waals surface area contributed by atoms with Gasteiger partial charge in [0.1, 0.15) is 0 Å². The van der Waals surface area contributed by atoms with Gasteiger partial charge >= 0.3 is 0 Å². The van der Waals surface area contributed by atoms with Gasteiger partial charge in [-0.05, 0) is 13.1 Å². The number of hydrogen-bond acceptors (Lipinski definition) is 5. The van der Waals surface area contributed by atoms with E-state index in [1.807, 2.05) is 6.08 Å². The lowest BCUT2D eigenvalue weighted by Crippen LogP contribution is -2.46. The zero-order chi connectivity index (χ0) is 11.4. The fraction of sp³-hybridized carbons (Fsp3) is 0.364. The number of likely N-dealkylation sites (tertiary alicyclic amines) is 1. The molecular weight excluding hydrogens is 202 g/mol. The van der Waals surface area contributed by atoms with Crippen molar-refractivity contribution in [3.63, 3.8) is 0 Å². The molecule has 0 atom stereocenters. The second-order valence-corrected chi connectivity index (χ2v) is 3.93. The SMILES string of the molecule is CN1CC(C(N)=CC=Nc2cnccn2)C1. The molecule has 0 aromatic carbocycles. The maximum Gasteiger partial charge on any atom is 0.170 e. The van der Waals surface area contributed by atoms with Crippen molar-refractivity contribution < 1.29 is 0 Å². The van der Waals surface area contributed by atoms with Crippen molar-refractivity contribution in [1.82, 2.24) is 14.9 Å². The molecule has 84 valence electrons. The van der Waals surface area contributed by atoms with Gasteiger partial charge in [0.25, 0.3) is 0 Å². The summed E-state index contributed by atoms with van der Waals surface area (Å²) in [6.45, 7) is 2.06. The van der Waals surface area contributed by atoms with Crippen LogP contribution in [0, 0.1) is 5.92 Å². The molecule has 0 aliphatic carbocycles. The van der Waals surface area contributed by atoms with Crippen molar-refractivity contribution in [3.05, 3.63) is 30.4 Å². The molecule has 0 saturated carbocycles. The van der Waals surface area contributed by atoms with E-state index in [0.29, 0.717) is 11.7 Å². The normalized spacial score (nSPS) is 18.9. The van der Waals surface area contributed by atoms with Crippen LogP contribution in [-0.4, -0.2) is 41.2 Å². The fourth-order valence-electron chi connectivity index (χ4n) is 1.60. The average Bonchev–Trinajstić information content (AvgIpc) is 2.26. The van der Waals surface area contributed by atoms with Crippen molar-refractivity contribution in [2.24, 2.45) is 16.6 Å². The Balaban J connectivity index is 1.91. The van der Waals surface area contributed by atoms with E-state index in [2.05, 4.69) is 26.9 Å². The first-order valence-electron chi connectivity index (χ1n) is 5.20. The minimum atomic E-state index is 0.471. The number of rotatable bonds is 3. The lowest BCUT2D eigenvalue weighted by atomic mass is 9.97. The number of nitrogens with two attached hydrogens (primary N) is 1. The summed E-state index contributed by atoms with van der Waals surface area (Å²) in [4.78, 5) is 14.3. The topological polar surface area (TPSA) is 67.4 Å². The molecular formula is C11H15N5. The Labute approximate surface area is 94.7 Å². The van der Waals surface area contributed by atoms with Gasteiger partial charge in [-0.2, -0.15) is 0 Å². The van der Waals surface area contributed by atoms with Crippen LogP contribution >= 0.6 is 0 Å². The van der Waals surface area contributed by atoms with Crippen LogP contribution in [0.2, 0.25) is 0 Å². The van der Waals surface area contributed by atoms with Crippen molar-refractivity contribution in [1.29, 1.82) is 0 Å². The summed E-state index contributed by atoms with van der Waals surface area (Å²) in [5.41, 5.74) is 6.79. The number of aliphatic imine (C=N–C) groups is 1. The van der Waals surface area contributed by atoms with Crippen molar-refractivity contribution in [3.8, 4) is 0 Å². The summed E-state index contributed by atoms with van der Waals surface area (Å²) < 4.78 is 0. The molecule has 16 heavy (non-hydrogen) atoms. The summed E-state index contributed by atoms with van der Waals surface area (Å²) >= 11 is 0. The molecule has 2 N–H and O–H groups in total. The van der Waals surface area contributed by atoms with Crippen LogP contribution in [-0.2, 0) is 0 Å². The first-order chi connectivity index (χ1) is 7.75. The molecule has 5 nitrogen and oxygen atoms in total. The number of hydrogen-bond donors (Lipinski definition) is 1. The molecule has 1 aliphatic rings. The molecule has 0 bridgehead atoms. The molecule has 0 spiro atoms. The maximum atomic E-state index is 5.91. The largest absolute Gasteiger partial charge is 0.402 e. The standard InChI is InChI=1S/C11H15N5/c1-16-7-9(8-16)10(12)2-3-14-11-6-13-4-5-15-11/h2-6,9H,7-8,12H2,1H3. The van der Waals surface area contributed by atoms with E-state index in [-0.39, 0.29) is 0 Å². The third kappa shape index (κ3) is 2.64. The first kappa shape index (κ1) is 10.8. The molecule has 5 heteroatoms. The van der Waals surface area contributed by atoms with Crippen LogP contribution in [0.5, 0.6) is 0 Å². The number of allylic oxidation sites excluding steroid dienone is 1. The molecule has 0 radical (unpaired) electrons. The van der Waals surface area contributed by atoms with E-state index in [1.54, 1.807) is 24.8 Å². The van der Waals surface area contributed by atoms with Crippen molar-refractivity contribution in [2.45, 2.75) is 0 Å². The van der Waals surface area contributed by atoms with Gasteiger partial charge in [-0.15, -0.1) is 0 Å². The molecule has 2 rings (SSSR count). The van der Waals surface area contributed by atoms with Crippen LogP contribution in [0.3, 0.4) is 0 Å². The van der Waals surface area contributed by atoms with E-state index in [0.717, 1.165) is 18.8 Å².